The monoisotopic (exact) mass is 354 g/mol. The summed E-state index contributed by atoms with van der Waals surface area (Å²) in [5, 5.41) is 2.60. The molecule has 7 nitrogen and oxygen atoms in total. The number of methoxy groups -OCH3 is 1. The van der Waals surface area contributed by atoms with Crippen LogP contribution in [0.1, 0.15) is 16.8 Å². The molecule has 26 heavy (non-hydrogen) atoms. The number of esters is 1. The molecule has 7 heteroatoms. The number of fused-ring (bicyclic) bond motifs is 5. The lowest BCUT2D eigenvalue weighted by atomic mass is 9.85. The van der Waals surface area contributed by atoms with Crippen LogP contribution in [0.3, 0.4) is 0 Å². The van der Waals surface area contributed by atoms with Gasteiger partial charge in [-0.05, 0) is 30.4 Å². The number of likely N-dealkylation sites (tertiary alicyclic amines) is 1. The molecule has 2 aliphatic carbocycles. The second-order valence-electron chi connectivity index (χ2n) is 6.85. The number of para-hydroxylation sites is 1. The fourth-order valence-electron chi connectivity index (χ4n) is 4.33. The van der Waals surface area contributed by atoms with Crippen molar-refractivity contribution in [3.8, 4) is 0 Å². The Labute approximate surface area is 150 Å². The molecule has 4 rings (SSSR count). The number of nitrogens with zero attached hydrogens (tertiary/aromatic N) is 1. The van der Waals surface area contributed by atoms with Crippen LogP contribution in [-0.2, 0) is 19.1 Å². The maximum atomic E-state index is 12.6. The minimum absolute atomic E-state index is 0.106. The predicted octanol–water partition coefficient (Wildman–Crippen LogP) is 1.22. The molecule has 1 aromatic carbocycles. The Morgan fingerprint density at radius 1 is 1.12 bits per heavy atom. The highest BCUT2D eigenvalue weighted by molar-refractivity contribution is 6.10. The van der Waals surface area contributed by atoms with E-state index in [4.69, 9.17) is 4.74 Å². The second-order valence-corrected chi connectivity index (χ2v) is 6.85. The molecule has 3 amide bonds. The van der Waals surface area contributed by atoms with Gasteiger partial charge in [-0.15, -0.1) is 0 Å². The quantitative estimate of drug-likeness (QED) is 0.499. The van der Waals surface area contributed by atoms with Crippen molar-refractivity contribution in [1.82, 2.24) is 4.90 Å². The molecule has 1 saturated heterocycles. The van der Waals surface area contributed by atoms with E-state index >= 15 is 0 Å². The van der Waals surface area contributed by atoms with E-state index < -0.39 is 11.9 Å². The van der Waals surface area contributed by atoms with Crippen LogP contribution in [0.2, 0.25) is 0 Å². The number of carbonyl (C=O) groups excluding carboxylic acids is 4. The standard InChI is InChI=1S/C19H18N2O5/c1-26-19(25)12-4-2-3-5-13(12)20-14(22)9-21-17(23)15-10-6-7-11(8-10)16(15)18(21)24/h2-7,10-11,15-16H,8-9H2,1H3,(H,20,22)/t10-,11-,15-,16-/m0/s1. The molecule has 3 aliphatic rings. The Bertz CT molecular complexity index is 816. The van der Waals surface area contributed by atoms with Crippen LogP contribution < -0.4 is 5.32 Å². The number of anilines is 1. The third kappa shape index (κ3) is 2.42. The van der Waals surface area contributed by atoms with Crippen LogP contribution in [-0.4, -0.2) is 42.2 Å². The lowest BCUT2D eigenvalue weighted by Crippen LogP contribution is -2.39. The molecule has 2 bridgehead atoms. The van der Waals surface area contributed by atoms with Crippen LogP contribution in [0.25, 0.3) is 0 Å². The molecule has 2 fully saturated rings. The van der Waals surface area contributed by atoms with Crippen LogP contribution >= 0.6 is 0 Å². The van der Waals surface area contributed by atoms with Gasteiger partial charge in [0.15, 0.2) is 0 Å². The molecule has 4 atom stereocenters. The van der Waals surface area contributed by atoms with Gasteiger partial charge in [0.2, 0.25) is 17.7 Å². The van der Waals surface area contributed by atoms with Crippen LogP contribution in [0.15, 0.2) is 36.4 Å². The van der Waals surface area contributed by atoms with Gasteiger partial charge in [0, 0.05) is 0 Å². The summed E-state index contributed by atoms with van der Waals surface area (Å²) in [6.45, 7) is -0.348. The first kappa shape index (κ1) is 16.5. The summed E-state index contributed by atoms with van der Waals surface area (Å²) < 4.78 is 4.69. The van der Waals surface area contributed by atoms with E-state index in [1.807, 2.05) is 12.2 Å². The molecule has 1 saturated carbocycles. The number of imide groups is 1. The highest BCUT2D eigenvalue weighted by atomic mass is 16.5. The zero-order valence-corrected chi connectivity index (χ0v) is 14.2. The first-order valence-electron chi connectivity index (χ1n) is 8.52. The average Bonchev–Trinajstić information content (AvgIpc) is 3.31. The summed E-state index contributed by atoms with van der Waals surface area (Å²) in [6, 6.07) is 6.42. The van der Waals surface area contributed by atoms with Gasteiger partial charge in [-0.3, -0.25) is 19.3 Å². The second kappa shape index (κ2) is 6.09. The normalized spacial score (nSPS) is 28.4. The number of ether oxygens (including phenoxy) is 1. The molecule has 134 valence electrons. The van der Waals surface area contributed by atoms with Gasteiger partial charge >= 0.3 is 5.97 Å². The van der Waals surface area contributed by atoms with Crippen molar-refractivity contribution >= 4 is 29.4 Å². The molecule has 0 radical (unpaired) electrons. The zero-order valence-electron chi connectivity index (χ0n) is 14.2. The Morgan fingerprint density at radius 3 is 2.35 bits per heavy atom. The van der Waals surface area contributed by atoms with E-state index in [-0.39, 0.29) is 53.3 Å². The molecule has 0 spiro atoms. The molecule has 0 unspecified atom stereocenters. The Hall–Kier alpha value is -2.96. The van der Waals surface area contributed by atoms with E-state index in [9.17, 15) is 19.2 Å². The number of hydrogen-bond donors (Lipinski definition) is 1. The summed E-state index contributed by atoms with van der Waals surface area (Å²) in [6.07, 6.45) is 4.86. The van der Waals surface area contributed by atoms with Gasteiger partial charge in [-0.1, -0.05) is 24.3 Å². The van der Waals surface area contributed by atoms with Crippen molar-refractivity contribution in [3.05, 3.63) is 42.0 Å². The maximum Gasteiger partial charge on any atom is 0.339 e. The van der Waals surface area contributed by atoms with Crippen molar-refractivity contribution in [1.29, 1.82) is 0 Å². The Morgan fingerprint density at radius 2 is 1.73 bits per heavy atom. The Kier molecular flexibility index (Phi) is 3.86. The number of hydrogen-bond acceptors (Lipinski definition) is 5. The van der Waals surface area contributed by atoms with E-state index in [1.165, 1.54) is 13.2 Å². The Balaban J connectivity index is 1.48. The van der Waals surface area contributed by atoms with Crippen LogP contribution in [0.5, 0.6) is 0 Å². The molecule has 1 aliphatic heterocycles. The number of amides is 3. The van der Waals surface area contributed by atoms with Gasteiger partial charge in [-0.25, -0.2) is 4.79 Å². The molecule has 1 heterocycles. The smallest absolute Gasteiger partial charge is 0.339 e. The van der Waals surface area contributed by atoms with Crippen LogP contribution in [0.4, 0.5) is 5.69 Å². The molecule has 0 aromatic heterocycles. The van der Waals surface area contributed by atoms with Crippen molar-refractivity contribution < 1.29 is 23.9 Å². The maximum absolute atomic E-state index is 12.6. The van der Waals surface area contributed by atoms with Gasteiger partial charge in [0.05, 0.1) is 30.2 Å². The predicted molar refractivity (Wildman–Crippen MR) is 90.8 cm³/mol. The highest BCUT2D eigenvalue weighted by Crippen LogP contribution is 2.52. The number of rotatable bonds is 4. The van der Waals surface area contributed by atoms with Gasteiger partial charge in [-0.2, -0.15) is 0 Å². The molecule has 1 N–H and O–H groups in total. The van der Waals surface area contributed by atoms with Crippen molar-refractivity contribution in [2.24, 2.45) is 23.7 Å². The van der Waals surface area contributed by atoms with E-state index in [2.05, 4.69) is 5.32 Å². The SMILES string of the molecule is COC(=O)c1ccccc1NC(=O)CN1C(=O)[C@@H]2[C@@H](C1=O)[C@H]1C=C[C@H]2C1. The first-order chi connectivity index (χ1) is 12.5. The minimum atomic E-state index is -0.577. The van der Waals surface area contributed by atoms with Gasteiger partial charge in [0.25, 0.3) is 0 Å². The fourth-order valence-corrected chi connectivity index (χ4v) is 4.33. The third-order valence-electron chi connectivity index (χ3n) is 5.47. The highest BCUT2D eigenvalue weighted by Gasteiger charge is 2.59. The number of benzene rings is 1. The molecular weight excluding hydrogens is 336 g/mol. The molecule has 1 aromatic rings. The van der Waals surface area contributed by atoms with E-state index in [1.54, 1.807) is 18.2 Å². The molecular formula is C19H18N2O5. The van der Waals surface area contributed by atoms with Crippen molar-refractivity contribution in [3.63, 3.8) is 0 Å². The third-order valence-corrected chi connectivity index (χ3v) is 5.47. The lowest BCUT2D eigenvalue weighted by molar-refractivity contribution is -0.143. The van der Waals surface area contributed by atoms with Crippen LogP contribution in [0, 0.1) is 23.7 Å². The summed E-state index contributed by atoms with van der Waals surface area (Å²) in [5.74, 6) is -2.08. The first-order valence-corrected chi connectivity index (χ1v) is 8.52. The number of allylic oxidation sites excluding steroid dienone is 2. The van der Waals surface area contributed by atoms with Gasteiger partial charge in [0.1, 0.15) is 6.54 Å². The number of nitrogens with one attached hydrogen (secondary N) is 1. The van der Waals surface area contributed by atoms with E-state index in [0.717, 1.165) is 11.3 Å². The largest absolute Gasteiger partial charge is 0.465 e. The topological polar surface area (TPSA) is 92.8 Å². The number of carbonyl (C=O) groups is 4. The van der Waals surface area contributed by atoms with Crippen molar-refractivity contribution in [2.75, 3.05) is 19.0 Å². The fraction of sp³-hybridized carbons (Fsp3) is 0.368. The lowest BCUT2D eigenvalue weighted by Gasteiger charge is -2.17. The summed E-state index contributed by atoms with van der Waals surface area (Å²) >= 11 is 0. The minimum Gasteiger partial charge on any atom is -0.465 e. The van der Waals surface area contributed by atoms with Crippen molar-refractivity contribution in [2.45, 2.75) is 6.42 Å². The zero-order chi connectivity index (χ0) is 18.4. The average molecular weight is 354 g/mol. The van der Waals surface area contributed by atoms with Gasteiger partial charge < -0.3 is 10.1 Å². The summed E-state index contributed by atoms with van der Waals surface area (Å²) in [7, 11) is 1.25. The van der Waals surface area contributed by atoms with E-state index in [0.29, 0.717) is 0 Å². The summed E-state index contributed by atoms with van der Waals surface area (Å²) in [4.78, 5) is 50.5. The summed E-state index contributed by atoms with van der Waals surface area (Å²) in [5.41, 5.74) is 0.493.